The first-order valence-electron chi connectivity index (χ1n) is 5.63. The number of amides is 1. The highest BCUT2D eigenvalue weighted by atomic mass is 16.1. The lowest BCUT2D eigenvalue weighted by atomic mass is 10.1. The average Bonchev–Trinajstić information content (AvgIpc) is 2.29. The quantitative estimate of drug-likeness (QED) is 0.779. The highest BCUT2D eigenvalue weighted by molar-refractivity contribution is 6.00. The SMILES string of the molecule is C#CC(C)(C)NC(=O)c1ccccc1NCC. The third-order valence-electron chi connectivity index (χ3n) is 2.33. The van der Waals surface area contributed by atoms with Crippen molar-refractivity contribution in [3.05, 3.63) is 29.8 Å². The van der Waals surface area contributed by atoms with Crippen molar-refractivity contribution in [2.24, 2.45) is 0 Å². The fourth-order valence-electron chi connectivity index (χ4n) is 1.41. The van der Waals surface area contributed by atoms with Crippen LogP contribution in [0.25, 0.3) is 0 Å². The maximum absolute atomic E-state index is 12.1. The fraction of sp³-hybridized carbons (Fsp3) is 0.357. The Morgan fingerprint density at radius 3 is 2.65 bits per heavy atom. The number of hydrogen-bond donors (Lipinski definition) is 2. The van der Waals surface area contributed by atoms with Gasteiger partial charge in [-0.1, -0.05) is 18.1 Å². The monoisotopic (exact) mass is 230 g/mol. The van der Waals surface area contributed by atoms with Gasteiger partial charge in [0.1, 0.15) is 0 Å². The molecule has 0 saturated heterocycles. The molecule has 1 aromatic rings. The highest BCUT2D eigenvalue weighted by Gasteiger charge is 2.19. The van der Waals surface area contributed by atoms with Crippen molar-refractivity contribution in [3.8, 4) is 12.3 Å². The summed E-state index contributed by atoms with van der Waals surface area (Å²) in [7, 11) is 0. The Bertz CT molecular complexity index is 444. The largest absolute Gasteiger partial charge is 0.385 e. The number of hydrogen-bond acceptors (Lipinski definition) is 2. The molecule has 1 rings (SSSR count). The Hall–Kier alpha value is -1.95. The summed E-state index contributed by atoms with van der Waals surface area (Å²) in [4.78, 5) is 12.1. The maximum Gasteiger partial charge on any atom is 0.254 e. The molecule has 3 nitrogen and oxygen atoms in total. The number of terminal acetylenes is 1. The summed E-state index contributed by atoms with van der Waals surface area (Å²) in [5, 5.41) is 5.95. The van der Waals surface area contributed by atoms with Gasteiger partial charge in [0, 0.05) is 12.2 Å². The van der Waals surface area contributed by atoms with Crippen molar-refractivity contribution in [2.45, 2.75) is 26.3 Å². The zero-order chi connectivity index (χ0) is 12.9. The molecule has 0 atom stereocenters. The van der Waals surface area contributed by atoms with E-state index >= 15 is 0 Å². The summed E-state index contributed by atoms with van der Waals surface area (Å²) < 4.78 is 0. The van der Waals surface area contributed by atoms with Crippen molar-refractivity contribution in [3.63, 3.8) is 0 Å². The van der Waals surface area contributed by atoms with E-state index in [2.05, 4.69) is 16.6 Å². The van der Waals surface area contributed by atoms with Gasteiger partial charge in [-0.25, -0.2) is 0 Å². The molecule has 0 unspecified atom stereocenters. The molecule has 0 heterocycles. The number of carbonyl (C=O) groups excluding carboxylic acids is 1. The summed E-state index contributed by atoms with van der Waals surface area (Å²) in [5.74, 6) is 2.38. The van der Waals surface area contributed by atoms with Crippen molar-refractivity contribution < 1.29 is 4.79 Å². The van der Waals surface area contributed by atoms with Crippen LogP contribution in [0.2, 0.25) is 0 Å². The predicted octanol–water partition coefficient (Wildman–Crippen LogP) is 2.26. The molecule has 0 aliphatic heterocycles. The van der Waals surface area contributed by atoms with E-state index in [0.717, 1.165) is 12.2 Å². The molecule has 0 aliphatic carbocycles. The second kappa shape index (κ2) is 5.40. The van der Waals surface area contributed by atoms with E-state index < -0.39 is 5.54 Å². The first-order valence-corrected chi connectivity index (χ1v) is 5.63. The third-order valence-corrected chi connectivity index (χ3v) is 2.33. The molecule has 0 fully saturated rings. The second-order valence-corrected chi connectivity index (χ2v) is 4.30. The van der Waals surface area contributed by atoms with Gasteiger partial charge in [0.25, 0.3) is 5.91 Å². The van der Waals surface area contributed by atoms with Crippen LogP contribution in [0, 0.1) is 12.3 Å². The minimum Gasteiger partial charge on any atom is -0.385 e. The van der Waals surface area contributed by atoms with E-state index in [9.17, 15) is 4.79 Å². The summed E-state index contributed by atoms with van der Waals surface area (Å²) in [6.45, 7) is 6.34. The second-order valence-electron chi connectivity index (χ2n) is 4.30. The van der Waals surface area contributed by atoms with Crippen LogP contribution in [0.1, 0.15) is 31.1 Å². The first-order chi connectivity index (χ1) is 8.00. The van der Waals surface area contributed by atoms with Crippen molar-refractivity contribution in [2.75, 3.05) is 11.9 Å². The van der Waals surface area contributed by atoms with Gasteiger partial charge in [-0.05, 0) is 32.9 Å². The van der Waals surface area contributed by atoms with Gasteiger partial charge in [0.05, 0.1) is 11.1 Å². The van der Waals surface area contributed by atoms with Gasteiger partial charge in [0.2, 0.25) is 0 Å². The molecule has 17 heavy (non-hydrogen) atoms. The summed E-state index contributed by atoms with van der Waals surface area (Å²) in [5.41, 5.74) is 0.786. The molecule has 0 aromatic heterocycles. The van der Waals surface area contributed by atoms with Crippen LogP contribution in [0.3, 0.4) is 0 Å². The van der Waals surface area contributed by atoms with Crippen molar-refractivity contribution in [1.82, 2.24) is 5.32 Å². The summed E-state index contributed by atoms with van der Waals surface area (Å²) in [6.07, 6.45) is 5.35. The maximum atomic E-state index is 12.1. The van der Waals surface area contributed by atoms with Crippen LogP contribution < -0.4 is 10.6 Å². The topological polar surface area (TPSA) is 41.1 Å². The number of rotatable bonds is 4. The predicted molar refractivity (Wildman–Crippen MR) is 71.0 cm³/mol. The van der Waals surface area contributed by atoms with Crippen LogP contribution in [0.15, 0.2) is 24.3 Å². The van der Waals surface area contributed by atoms with E-state index in [1.54, 1.807) is 19.9 Å². The normalized spacial score (nSPS) is 10.5. The minimum absolute atomic E-state index is 0.162. The molecule has 1 aromatic carbocycles. The fourth-order valence-corrected chi connectivity index (χ4v) is 1.41. The van der Waals surface area contributed by atoms with Crippen LogP contribution in [0.5, 0.6) is 0 Å². The molecule has 2 N–H and O–H groups in total. The molecule has 90 valence electrons. The number of carbonyl (C=O) groups is 1. The Kier molecular flexibility index (Phi) is 4.17. The summed E-state index contributed by atoms with van der Waals surface area (Å²) >= 11 is 0. The van der Waals surface area contributed by atoms with Crippen molar-refractivity contribution in [1.29, 1.82) is 0 Å². The molecule has 0 radical (unpaired) electrons. The van der Waals surface area contributed by atoms with Gasteiger partial charge in [-0.3, -0.25) is 4.79 Å². The molecule has 0 spiro atoms. The van der Waals surface area contributed by atoms with E-state index in [4.69, 9.17) is 6.42 Å². The van der Waals surface area contributed by atoms with E-state index in [0.29, 0.717) is 5.56 Å². The van der Waals surface area contributed by atoms with Crippen LogP contribution in [-0.2, 0) is 0 Å². The minimum atomic E-state index is -0.642. The molecular formula is C14H18N2O. The zero-order valence-electron chi connectivity index (χ0n) is 10.5. The van der Waals surface area contributed by atoms with E-state index in [1.165, 1.54) is 0 Å². The molecule has 1 amide bonds. The van der Waals surface area contributed by atoms with Crippen molar-refractivity contribution >= 4 is 11.6 Å². The van der Waals surface area contributed by atoms with Gasteiger partial charge >= 0.3 is 0 Å². The smallest absolute Gasteiger partial charge is 0.254 e. The standard InChI is InChI=1S/C14H18N2O/c1-5-14(3,4)16-13(17)11-9-7-8-10-12(11)15-6-2/h1,7-10,15H,6H2,2-4H3,(H,16,17). The Labute approximate surface area is 103 Å². The van der Waals surface area contributed by atoms with Crippen LogP contribution in [-0.4, -0.2) is 18.0 Å². The lowest BCUT2D eigenvalue weighted by Gasteiger charge is -2.20. The zero-order valence-corrected chi connectivity index (χ0v) is 10.5. The molecule has 0 bridgehead atoms. The Morgan fingerprint density at radius 1 is 1.41 bits per heavy atom. The number of para-hydroxylation sites is 1. The Morgan fingerprint density at radius 2 is 2.06 bits per heavy atom. The highest BCUT2D eigenvalue weighted by Crippen LogP contribution is 2.15. The van der Waals surface area contributed by atoms with E-state index in [1.807, 2.05) is 25.1 Å². The van der Waals surface area contributed by atoms with Gasteiger partial charge in [-0.2, -0.15) is 0 Å². The summed E-state index contributed by atoms with van der Waals surface area (Å²) in [6, 6.07) is 7.38. The van der Waals surface area contributed by atoms with E-state index in [-0.39, 0.29) is 5.91 Å². The van der Waals surface area contributed by atoms with Gasteiger partial charge in [-0.15, -0.1) is 6.42 Å². The lowest BCUT2D eigenvalue weighted by Crippen LogP contribution is -2.42. The molecule has 3 heteroatoms. The third kappa shape index (κ3) is 3.53. The molecule has 0 saturated carbocycles. The molecule has 0 aliphatic rings. The average molecular weight is 230 g/mol. The Balaban J connectivity index is 2.93. The first kappa shape index (κ1) is 13.1. The van der Waals surface area contributed by atoms with Crippen LogP contribution in [0.4, 0.5) is 5.69 Å². The van der Waals surface area contributed by atoms with Crippen LogP contribution >= 0.6 is 0 Å². The lowest BCUT2D eigenvalue weighted by molar-refractivity contribution is 0.0930. The number of benzene rings is 1. The van der Waals surface area contributed by atoms with Gasteiger partial charge < -0.3 is 10.6 Å². The number of anilines is 1. The molecular weight excluding hydrogens is 212 g/mol. The number of nitrogens with one attached hydrogen (secondary N) is 2. The van der Waals surface area contributed by atoms with Gasteiger partial charge in [0.15, 0.2) is 0 Å².